The molecule has 8 heteroatoms. The molecule has 2 N–H and O–H groups in total. The van der Waals surface area contributed by atoms with Crippen LogP contribution in [0.2, 0.25) is 0 Å². The number of nitrogens with one attached hydrogen (secondary N) is 2. The number of nitrogens with zero attached hydrogens (tertiary/aromatic N) is 3. The van der Waals surface area contributed by atoms with Crippen molar-refractivity contribution < 1.29 is 14.3 Å². The largest absolute Gasteiger partial charge is 0.443 e. The minimum Gasteiger partial charge on any atom is -0.443 e. The van der Waals surface area contributed by atoms with Crippen LogP contribution in [0.1, 0.15) is 43.1 Å². The summed E-state index contributed by atoms with van der Waals surface area (Å²) in [6.07, 6.45) is 6.60. The summed E-state index contributed by atoms with van der Waals surface area (Å²) in [6, 6.07) is 12.2. The fraction of sp³-hybridized carbons (Fsp3) is 0.357. The number of piperazine rings is 1. The smallest absolute Gasteiger partial charge is 0.415 e. The van der Waals surface area contributed by atoms with Crippen molar-refractivity contribution in [3.63, 3.8) is 0 Å². The highest BCUT2D eigenvalue weighted by molar-refractivity contribution is 5.96. The maximum Gasteiger partial charge on any atom is 0.415 e. The second-order valence-corrected chi connectivity index (χ2v) is 10.2. The van der Waals surface area contributed by atoms with Crippen LogP contribution in [0.4, 0.5) is 10.5 Å². The Bertz CT molecular complexity index is 1350. The third-order valence-corrected chi connectivity index (χ3v) is 6.34. The van der Waals surface area contributed by atoms with E-state index in [9.17, 15) is 9.59 Å². The zero-order valence-electron chi connectivity index (χ0n) is 20.9. The number of hydrogen-bond donors (Lipinski definition) is 2. The highest BCUT2D eigenvalue weighted by Crippen LogP contribution is 2.30. The molecule has 0 radical (unpaired) electrons. The molecule has 3 aromatic rings. The van der Waals surface area contributed by atoms with E-state index in [0.29, 0.717) is 18.7 Å². The highest BCUT2D eigenvalue weighted by Gasteiger charge is 2.37. The average Bonchev–Trinajstić information content (AvgIpc) is 3.30. The first-order chi connectivity index (χ1) is 17.3. The molecule has 2 bridgehead atoms. The van der Waals surface area contributed by atoms with E-state index in [2.05, 4.69) is 50.2 Å². The lowest BCUT2D eigenvalue weighted by Crippen LogP contribution is -2.55. The second kappa shape index (κ2) is 9.55. The van der Waals surface area contributed by atoms with Gasteiger partial charge in [-0.25, -0.2) is 9.78 Å². The molecule has 8 nitrogen and oxygen atoms in total. The van der Waals surface area contributed by atoms with Gasteiger partial charge < -0.3 is 19.9 Å². The number of carbonyl (C=O) groups is 2. The molecule has 0 aliphatic carbocycles. The number of amides is 2. The number of rotatable bonds is 5. The van der Waals surface area contributed by atoms with Crippen molar-refractivity contribution >= 4 is 28.7 Å². The topological polar surface area (TPSA) is 90.6 Å². The number of aromatic nitrogens is 2. The summed E-state index contributed by atoms with van der Waals surface area (Å²) in [4.78, 5) is 36.6. The van der Waals surface area contributed by atoms with Crippen LogP contribution >= 0.6 is 0 Å². The highest BCUT2D eigenvalue weighted by atomic mass is 16.6. The van der Waals surface area contributed by atoms with Crippen molar-refractivity contribution in [3.8, 4) is 0 Å². The van der Waals surface area contributed by atoms with Gasteiger partial charge in [0.05, 0.1) is 23.8 Å². The Balaban J connectivity index is 1.16. The van der Waals surface area contributed by atoms with Gasteiger partial charge in [0.1, 0.15) is 11.2 Å². The maximum atomic E-state index is 12.8. The van der Waals surface area contributed by atoms with Crippen molar-refractivity contribution in [3.05, 3.63) is 77.4 Å². The fourth-order valence-corrected chi connectivity index (χ4v) is 4.61. The normalized spacial score (nSPS) is 17.2. The molecule has 36 heavy (non-hydrogen) atoms. The van der Waals surface area contributed by atoms with Crippen molar-refractivity contribution in [1.82, 2.24) is 20.2 Å². The molecule has 1 aromatic carbocycles. The van der Waals surface area contributed by atoms with Gasteiger partial charge in [0.2, 0.25) is 0 Å². The van der Waals surface area contributed by atoms with Crippen molar-refractivity contribution in [1.29, 1.82) is 0 Å². The molecular weight excluding hydrogens is 454 g/mol. The molecule has 1 fully saturated rings. The summed E-state index contributed by atoms with van der Waals surface area (Å²) in [5, 5.41) is 3.89. The van der Waals surface area contributed by atoms with Gasteiger partial charge in [-0.3, -0.25) is 9.69 Å². The first kappa shape index (κ1) is 23.7. The predicted molar refractivity (Wildman–Crippen MR) is 139 cm³/mol. The molecule has 0 spiro atoms. The number of anilines is 1. The summed E-state index contributed by atoms with van der Waals surface area (Å²) >= 11 is 0. The zero-order chi connectivity index (χ0) is 25.3. The van der Waals surface area contributed by atoms with Crippen LogP contribution in [0.25, 0.3) is 11.0 Å². The van der Waals surface area contributed by atoms with E-state index in [0.717, 1.165) is 47.4 Å². The van der Waals surface area contributed by atoms with Crippen molar-refractivity contribution in [2.45, 2.75) is 45.3 Å². The van der Waals surface area contributed by atoms with Gasteiger partial charge in [-0.1, -0.05) is 12.1 Å². The molecule has 5 rings (SSSR count). The first-order valence-corrected chi connectivity index (χ1v) is 12.3. The number of ether oxygens (including phenoxy) is 1. The van der Waals surface area contributed by atoms with Crippen molar-refractivity contribution in [2.24, 2.45) is 0 Å². The van der Waals surface area contributed by atoms with E-state index in [1.54, 1.807) is 11.1 Å². The van der Waals surface area contributed by atoms with Crippen LogP contribution in [0, 0.1) is 0 Å². The van der Waals surface area contributed by atoms with Gasteiger partial charge in [0.25, 0.3) is 5.91 Å². The number of H-pyrrole nitrogens is 1. The zero-order valence-corrected chi connectivity index (χ0v) is 20.9. The second-order valence-electron chi connectivity index (χ2n) is 10.2. The van der Waals surface area contributed by atoms with Gasteiger partial charge in [0, 0.05) is 36.6 Å². The van der Waals surface area contributed by atoms with Crippen LogP contribution in [0.15, 0.2) is 66.3 Å². The number of pyridine rings is 1. The first-order valence-electron chi connectivity index (χ1n) is 12.3. The SMILES string of the molecule is CC(C)(C)OC(=O)N1C2=C=CC[C@@H]1CN(c1ccc(CCNC(=O)c3cnc4[nH]ccc4c3)cc1)C2. The maximum absolute atomic E-state index is 12.8. The number of fused-ring (bicyclic) bond motifs is 3. The molecular formula is C28H31N5O3. The van der Waals surface area contributed by atoms with E-state index in [4.69, 9.17) is 4.74 Å². The van der Waals surface area contributed by atoms with Crippen molar-refractivity contribution in [2.75, 3.05) is 24.5 Å². The molecule has 1 atom stereocenters. The minimum absolute atomic E-state index is 0.0275. The Hall–Kier alpha value is -4.03. The Labute approximate surface area is 210 Å². The molecule has 1 saturated heterocycles. The summed E-state index contributed by atoms with van der Waals surface area (Å²) < 4.78 is 5.63. The van der Waals surface area contributed by atoms with E-state index in [1.165, 1.54) is 0 Å². The van der Waals surface area contributed by atoms with Crippen LogP contribution in [0.5, 0.6) is 0 Å². The van der Waals surface area contributed by atoms with Crippen LogP contribution in [-0.4, -0.2) is 58.1 Å². The lowest BCUT2D eigenvalue weighted by Gasteiger charge is -2.44. The molecule has 2 aromatic heterocycles. The number of hydrogen-bond acceptors (Lipinski definition) is 5. The lowest BCUT2D eigenvalue weighted by atomic mass is 10.0. The predicted octanol–water partition coefficient (Wildman–Crippen LogP) is 4.40. The number of carbonyl (C=O) groups excluding carboxylic acids is 2. The third-order valence-electron chi connectivity index (χ3n) is 6.34. The molecule has 186 valence electrons. The van der Waals surface area contributed by atoms with Gasteiger partial charge in [-0.2, -0.15) is 0 Å². The molecule has 2 aliphatic rings. The molecule has 2 aliphatic heterocycles. The molecule has 0 unspecified atom stereocenters. The van der Waals surface area contributed by atoms with Gasteiger partial charge in [-0.05, 0) is 69.5 Å². The number of aromatic amines is 1. The van der Waals surface area contributed by atoms with Gasteiger partial charge in [0.15, 0.2) is 0 Å². The van der Waals surface area contributed by atoms with Gasteiger partial charge in [-0.15, -0.1) is 5.73 Å². The minimum atomic E-state index is -0.533. The van der Waals surface area contributed by atoms with E-state index >= 15 is 0 Å². The summed E-state index contributed by atoms with van der Waals surface area (Å²) in [5.74, 6) is -0.127. The van der Waals surface area contributed by atoms with E-state index in [-0.39, 0.29) is 18.0 Å². The standard InChI is InChI=1S/C28H31N5O3/c1-28(2,3)36-27(35)33-23-5-4-6-24(33)18-32(17-23)22-9-7-19(8-10-22)11-13-30-26(34)21-15-20-12-14-29-25(20)31-16-21/h4,7-10,12,14-16,23H,5,11,13,17-18H2,1-3H3,(H,29,31)(H,30,34)/t23-/m1/s1. The summed E-state index contributed by atoms with van der Waals surface area (Å²) in [6.45, 7) is 7.52. The van der Waals surface area contributed by atoms with Crippen LogP contribution in [-0.2, 0) is 11.2 Å². The Morgan fingerprint density at radius 3 is 2.78 bits per heavy atom. The Kier molecular flexibility index (Phi) is 6.29. The number of benzene rings is 1. The van der Waals surface area contributed by atoms with E-state index < -0.39 is 5.60 Å². The van der Waals surface area contributed by atoms with Gasteiger partial charge >= 0.3 is 6.09 Å². The quantitative estimate of drug-likeness (QED) is 0.523. The summed E-state index contributed by atoms with van der Waals surface area (Å²) in [7, 11) is 0. The fourth-order valence-electron chi connectivity index (χ4n) is 4.61. The van der Waals surface area contributed by atoms with Crippen LogP contribution in [0.3, 0.4) is 0 Å². The Morgan fingerprint density at radius 1 is 1.22 bits per heavy atom. The molecule has 2 amide bonds. The molecule has 4 heterocycles. The Morgan fingerprint density at radius 2 is 2.03 bits per heavy atom. The monoisotopic (exact) mass is 485 g/mol. The third kappa shape index (κ3) is 5.14. The average molecular weight is 486 g/mol. The lowest BCUT2D eigenvalue weighted by molar-refractivity contribution is 0.0219. The van der Waals surface area contributed by atoms with Crippen LogP contribution < -0.4 is 10.2 Å². The van der Waals surface area contributed by atoms with E-state index in [1.807, 2.05) is 45.2 Å². The molecule has 0 saturated carbocycles. The summed E-state index contributed by atoms with van der Waals surface area (Å²) in [5.41, 5.74) is 7.14.